The van der Waals surface area contributed by atoms with Crippen LogP contribution in [0.4, 0.5) is 18.0 Å². The predicted molar refractivity (Wildman–Crippen MR) is 173 cm³/mol. The first kappa shape index (κ1) is 48.4. The standard InChI is InChI=1S/C27H55N5O4.C2HF3O2.CH4N2O/c1-5-6-7-8-9-10-11-12-13-14-15-16-19-32(23(33)18-17-22(28)29)24(20(2)3)25(34)21(4)27(30,31)26(35)36;3-2(4,5)1(6)7;2-1(3)4/h20-22,24H,5-19,28-31H2,1-4H3,(H,35,36);(H,6,7);(H4,2,3,4). The Labute approximate surface area is 276 Å². The summed E-state index contributed by atoms with van der Waals surface area (Å²) in [5.74, 6) is -6.28. The Kier molecular flexibility index (Phi) is 26.8. The van der Waals surface area contributed by atoms with Gasteiger partial charge in [-0.05, 0) is 18.8 Å². The van der Waals surface area contributed by atoms with Crippen LogP contribution in [0.25, 0.3) is 0 Å². The van der Waals surface area contributed by atoms with Gasteiger partial charge in [0.25, 0.3) is 0 Å². The van der Waals surface area contributed by atoms with Crippen molar-refractivity contribution in [2.45, 2.75) is 142 Å². The summed E-state index contributed by atoms with van der Waals surface area (Å²) in [6.45, 7) is 7.72. The third-order valence-electron chi connectivity index (χ3n) is 7.28. The Balaban J connectivity index is -0.00000150. The zero-order chi connectivity index (χ0) is 37.4. The SMILES string of the molecule is CCCCCCCCCCCCCCN(C(=O)CCC(N)N)C(C(=O)C(C)C(N)(N)C(=O)O)C(C)C.NC(N)=O.O=C(O)C(F)(F)F. The van der Waals surface area contributed by atoms with Crippen molar-refractivity contribution in [3.63, 3.8) is 0 Å². The van der Waals surface area contributed by atoms with Crippen LogP contribution in [0, 0.1) is 11.8 Å². The largest absolute Gasteiger partial charge is 0.490 e. The van der Waals surface area contributed by atoms with Crippen molar-refractivity contribution in [3.8, 4) is 0 Å². The molecule has 0 radical (unpaired) electrons. The second kappa shape index (κ2) is 26.0. The van der Waals surface area contributed by atoms with Gasteiger partial charge in [-0.2, -0.15) is 13.2 Å². The Morgan fingerprint density at radius 3 is 1.38 bits per heavy atom. The molecule has 14 nitrogen and oxygen atoms in total. The number of unbranched alkanes of at least 4 members (excludes halogenated alkanes) is 11. The minimum atomic E-state index is -5.08. The van der Waals surface area contributed by atoms with E-state index in [1.807, 2.05) is 13.8 Å². The molecule has 0 fully saturated rings. The molecule has 0 aliphatic heterocycles. The summed E-state index contributed by atoms with van der Waals surface area (Å²) in [6, 6.07) is -1.65. The van der Waals surface area contributed by atoms with Crippen molar-refractivity contribution in [1.82, 2.24) is 4.90 Å². The van der Waals surface area contributed by atoms with Gasteiger partial charge >= 0.3 is 24.1 Å². The lowest BCUT2D eigenvalue weighted by molar-refractivity contribution is -0.192. The van der Waals surface area contributed by atoms with Gasteiger partial charge < -0.3 is 49.5 Å². The molecule has 3 amide bonds. The number of halogens is 3. The molecule has 0 aromatic rings. The number of nitrogens with two attached hydrogens (primary N) is 6. The molecule has 0 spiro atoms. The quantitative estimate of drug-likeness (QED) is 0.0604. The highest BCUT2D eigenvalue weighted by Gasteiger charge is 2.45. The first-order valence-electron chi connectivity index (χ1n) is 16.1. The van der Waals surface area contributed by atoms with E-state index in [0.29, 0.717) is 13.0 Å². The van der Waals surface area contributed by atoms with E-state index >= 15 is 0 Å². The molecule has 2 unspecified atom stereocenters. The number of hydrogen-bond acceptors (Lipinski definition) is 9. The maximum atomic E-state index is 13.4. The third-order valence-corrected chi connectivity index (χ3v) is 7.28. The molecule has 0 heterocycles. The number of carbonyl (C=O) groups excluding carboxylic acids is 3. The molecule has 0 rings (SSSR count). The Morgan fingerprint density at radius 1 is 0.723 bits per heavy atom. The molecule has 0 aromatic heterocycles. The predicted octanol–water partition coefficient (Wildman–Crippen LogP) is 3.13. The number of aliphatic carboxylic acids is 2. The van der Waals surface area contributed by atoms with E-state index in [-0.39, 0.29) is 18.2 Å². The number of amides is 3. The zero-order valence-corrected chi connectivity index (χ0v) is 28.4. The first-order valence-corrected chi connectivity index (χ1v) is 16.1. The topological polar surface area (TPSA) is 285 Å². The third kappa shape index (κ3) is 24.8. The average Bonchev–Trinajstić information content (AvgIpc) is 2.94. The number of primary amides is 2. The van der Waals surface area contributed by atoms with Gasteiger partial charge in [0, 0.05) is 13.0 Å². The van der Waals surface area contributed by atoms with Crippen LogP contribution in [0.1, 0.15) is 118 Å². The van der Waals surface area contributed by atoms with E-state index in [1.165, 1.54) is 58.3 Å². The number of rotatable bonds is 22. The van der Waals surface area contributed by atoms with E-state index in [1.54, 1.807) is 4.90 Å². The van der Waals surface area contributed by atoms with Crippen molar-refractivity contribution in [3.05, 3.63) is 0 Å². The van der Waals surface area contributed by atoms with Crippen LogP contribution in [-0.2, 0) is 19.2 Å². The van der Waals surface area contributed by atoms with Crippen LogP contribution >= 0.6 is 0 Å². The van der Waals surface area contributed by atoms with Crippen LogP contribution in [0.2, 0.25) is 0 Å². The Morgan fingerprint density at radius 2 is 1.09 bits per heavy atom. The van der Waals surface area contributed by atoms with Gasteiger partial charge in [0.15, 0.2) is 11.4 Å². The van der Waals surface area contributed by atoms with Crippen molar-refractivity contribution in [2.75, 3.05) is 6.54 Å². The summed E-state index contributed by atoms with van der Waals surface area (Å²) >= 11 is 0. The average molecular weight is 688 g/mol. The Bertz CT molecular complexity index is 917. The smallest absolute Gasteiger partial charge is 0.479 e. The second-order valence-corrected chi connectivity index (χ2v) is 11.9. The van der Waals surface area contributed by atoms with E-state index in [2.05, 4.69) is 18.4 Å². The summed E-state index contributed by atoms with van der Waals surface area (Å²) < 4.78 is 31.7. The molecule has 0 aliphatic rings. The normalized spacial score (nSPS) is 12.7. The number of urea groups is 1. The Hall–Kier alpha value is -3.02. The molecule has 0 bridgehead atoms. The highest BCUT2D eigenvalue weighted by atomic mass is 19.4. The van der Waals surface area contributed by atoms with Crippen LogP contribution in [0.15, 0.2) is 0 Å². The van der Waals surface area contributed by atoms with Crippen molar-refractivity contribution in [1.29, 1.82) is 0 Å². The summed E-state index contributed by atoms with van der Waals surface area (Å²) in [5.41, 5.74) is 29.1. The molecule has 17 heteroatoms. The minimum Gasteiger partial charge on any atom is -0.479 e. The molecular weight excluding hydrogens is 627 g/mol. The highest BCUT2D eigenvalue weighted by Crippen LogP contribution is 2.23. The van der Waals surface area contributed by atoms with Crippen LogP contribution in [-0.4, -0.2) is 75.4 Å². The maximum absolute atomic E-state index is 13.4. The molecule has 0 aliphatic carbocycles. The molecule has 0 aromatic carbocycles. The van der Waals surface area contributed by atoms with Gasteiger partial charge in [-0.3, -0.25) is 9.59 Å². The van der Waals surface area contributed by atoms with E-state index in [9.17, 15) is 32.7 Å². The molecule has 0 saturated heterocycles. The summed E-state index contributed by atoms with van der Waals surface area (Å²) in [6.07, 6.45) is 9.07. The van der Waals surface area contributed by atoms with Gasteiger partial charge in [-0.25, -0.2) is 14.4 Å². The fourth-order valence-electron chi connectivity index (χ4n) is 4.49. The number of Topliss-reactive ketones (excluding diaryl/α,β-unsaturated/α-hetero) is 1. The number of carboxylic acid groups (broad SMARTS) is 2. The fourth-order valence-corrected chi connectivity index (χ4v) is 4.49. The lowest BCUT2D eigenvalue weighted by atomic mass is 9.83. The number of alkyl halides is 3. The highest BCUT2D eigenvalue weighted by molar-refractivity contribution is 5.95. The molecular formula is C30H60F3N7O7. The van der Waals surface area contributed by atoms with E-state index < -0.39 is 53.7 Å². The maximum Gasteiger partial charge on any atom is 0.490 e. The summed E-state index contributed by atoms with van der Waals surface area (Å²) in [7, 11) is 0. The van der Waals surface area contributed by atoms with Crippen molar-refractivity contribution in [2.24, 2.45) is 46.2 Å². The molecule has 278 valence electrons. The minimum absolute atomic E-state index is 0.121. The lowest BCUT2D eigenvalue weighted by Crippen LogP contribution is -2.65. The van der Waals surface area contributed by atoms with Crippen LogP contribution < -0.4 is 34.4 Å². The number of carboxylic acids is 2. The van der Waals surface area contributed by atoms with Crippen molar-refractivity contribution >= 4 is 29.7 Å². The van der Waals surface area contributed by atoms with Gasteiger partial charge in [-0.1, -0.05) is 98.3 Å². The number of carbonyl (C=O) groups is 5. The van der Waals surface area contributed by atoms with Crippen LogP contribution in [0.3, 0.4) is 0 Å². The molecule has 14 N–H and O–H groups in total. The second-order valence-electron chi connectivity index (χ2n) is 11.9. The monoisotopic (exact) mass is 687 g/mol. The van der Waals surface area contributed by atoms with Gasteiger partial charge in [0.1, 0.15) is 0 Å². The fraction of sp³-hybridized carbons (Fsp3) is 0.833. The summed E-state index contributed by atoms with van der Waals surface area (Å²) in [5, 5.41) is 16.5. The number of ketones is 1. The van der Waals surface area contributed by atoms with Gasteiger partial charge in [0.2, 0.25) is 5.91 Å². The number of hydrogen-bond donors (Lipinski definition) is 8. The van der Waals surface area contributed by atoms with Crippen LogP contribution in [0.5, 0.6) is 0 Å². The first-order chi connectivity index (χ1) is 21.5. The van der Waals surface area contributed by atoms with E-state index in [0.717, 1.165) is 25.7 Å². The van der Waals surface area contributed by atoms with E-state index in [4.69, 9.17) is 37.6 Å². The lowest BCUT2D eigenvalue weighted by Gasteiger charge is -2.37. The number of nitrogens with zero attached hydrogens (tertiary/aromatic N) is 1. The summed E-state index contributed by atoms with van der Waals surface area (Å²) in [4.78, 5) is 57.5. The van der Waals surface area contributed by atoms with Crippen molar-refractivity contribution < 1.29 is 47.4 Å². The van der Waals surface area contributed by atoms with Gasteiger partial charge in [-0.15, -0.1) is 0 Å². The molecule has 0 saturated carbocycles. The molecule has 47 heavy (non-hydrogen) atoms. The molecule has 2 atom stereocenters. The zero-order valence-electron chi connectivity index (χ0n) is 28.4. The van der Waals surface area contributed by atoms with Gasteiger partial charge in [0.05, 0.1) is 18.1 Å².